The highest BCUT2D eigenvalue weighted by atomic mass is 19.1. The summed E-state index contributed by atoms with van der Waals surface area (Å²) in [4.78, 5) is 2.37. The third-order valence-corrected chi connectivity index (χ3v) is 2.59. The number of halogens is 1. The molecule has 0 aromatic heterocycles. The molecule has 0 saturated carbocycles. The fourth-order valence-corrected chi connectivity index (χ4v) is 1.86. The molecule has 2 rings (SSSR count). The van der Waals surface area contributed by atoms with Gasteiger partial charge in [-0.3, -0.25) is 4.90 Å². The smallest absolute Gasteiger partial charge is 0.123 e. The Bertz CT molecular complexity index is 295. The molecule has 3 heteroatoms. The summed E-state index contributed by atoms with van der Waals surface area (Å²) in [5, 5.41) is 2.32. The van der Waals surface area contributed by atoms with Gasteiger partial charge in [0.25, 0.3) is 0 Å². The Morgan fingerprint density at radius 3 is 2.79 bits per heavy atom. The summed E-state index contributed by atoms with van der Waals surface area (Å²) in [7, 11) is 0. The van der Waals surface area contributed by atoms with Crippen LogP contribution in [0, 0.1) is 5.82 Å². The van der Waals surface area contributed by atoms with E-state index in [0.29, 0.717) is 0 Å². The Labute approximate surface area is 83.7 Å². The van der Waals surface area contributed by atoms with Gasteiger partial charge in [0, 0.05) is 19.6 Å². The highest BCUT2D eigenvalue weighted by Gasteiger charge is 2.11. The van der Waals surface area contributed by atoms with E-state index in [1.54, 1.807) is 12.1 Å². The molecule has 2 N–H and O–H groups in total. The first-order valence-corrected chi connectivity index (χ1v) is 5.13. The summed E-state index contributed by atoms with van der Waals surface area (Å²) in [6.07, 6.45) is 0. The highest BCUT2D eigenvalue weighted by Crippen LogP contribution is 2.06. The van der Waals surface area contributed by atoms with Crippen LogP contribution in [0.5, 0.6) is 0 Å². The minimum absolute atomic E-state index is 0.133. The molecule has 1 aromatic rings. The maximum Gasteiger partial charge on any atom is 0.123 e. The van der Waals surface area contributed by atoms with Crippen LogP contribution in [-0.2, 0) is 6.54 Å². The molecule has 0 atom stereocenters. The maximum atomic E-state index is 12.9. The van der Waals surface area contributed by atoms with E-state index in [2.05, 4.69) is 10.2 Å². The summed E-state index contributed by atoms with van der Waals surface area (Å²) < 4.78 is 12.9. The van der Waals surface area contributed by atoms with Crippen molar-refractivity contribution in [3.8, 4) is 0 Å². The largest absolute Gasteiger partial charge is 0.344 e. The summed E-state index contributed by atoms with van der Waals surface area (Å²) in [6, 6.07) is 6.88. The molecular formula is C11H16FN2+. The topological polar surface area (TPSA) is 19.9 Å². The van der Waals surface area contributed by atoms with Crippen LogP contribution >= 0.6 is 0 Å². The summed E-state index contributed by atoms with van der Waals surface area (Å²) in [6.45, 7) is 5.42. The number of benzene rings is 1. The molecule has 1 heterocycles. The average molecular weight is 195 g/mol. The first-order valence-electron chi connectivity index (χ1n) is 5.13. The zero-order valence-electron chi connectivity index (χ0n) is 8.25. The van der Waals surface area contributed by atoms with Crippen molar-refractivity contribution in [1.29, 1.82) is 0 Å². The molecule has 76 valence electrons. The van der Waals surface area contributed by atoms with Gasteiger partial charge in [-0.05, 0) is 17.7 Å². The third-order valence-electron chi connectivity index (χ3n) is 2.59. The second kappa shape index (κ2) is 4.53. The van der Waals surface area contributed by atoms with Crippen molar-refractivity contribution in [2.24, 2.45) is 0 Å². The lowest BCUT2D eigenvalue weighted by molar-refractivity contribution is -0.663. The van der Waals surface area contributed by atoms with Gasteiger partial charge in [0.1, 0.15) is 5.82 Å². The molecule has 1 fully saturated rings. The van der Waals surface area contributed by atoms with Gasteiger partial charge < -0.3 is 5.32 Å². The van der Waals surface area contributed by atoms with Crippen LogP contribution in [0.2, 0.25) is 0 Å². The maximum absolute atomic E-state index is 12.9. The highest BCUT2D eigenvalue weighted by molar-refractivity contribution is 5.16. The van der Waals surface area contributed by atoms with Crippen LogP contribution in [0.4, 0.5) is 4.39 Å². The molecule has 1 aromatic carbocycles. The summed E-state index contributed by atoms with van der Waals surface area (Å²) in [5.41, 5.74) is 1.08. The minimum Gasteiger partial charge on any atom is -0.344 e. The van der Waals surface area contributed by atoms with Gasteiger partial charge in [-0.2, -0.15) is 0 Å². The van der Waals surface area contributed by atoms with Gasteiger partial charge in [-0.25, -0.2) is 4.39 Å². The SMILES string of the molecule is Fc1cccc(CN2CC[NH2+]CC2)c1. The lowest BCUT2D eigenvalue weighted by Gasteiger charge is -2.24. The van der Waals surface area contributed by atoms with Crippen molar-refractivity contribution < 1.29 is 9.71 Å². The van der Waals surface area contributed by atoms with Gasteiger partial charge >= 0.3 is 0 Å². The molecule has 0 unspecified atom stereocenters. The van der Waals surface area contributed by atoms with Gasteiger partial charge in [0.05, 0.1) is 13.1 Å². The number of quaternary nitrogens is 1. The van der Waals surface area contributed by atoms with E-state index in [4.69, 9.17) is 0 Å². The predicted octanol–water partition coefficient (Wildman–Crippen LogP) is 0.205. The van der Waals surface area contributed by atoms with Gasteiger partial charge in [0.15, 0.2) is 0 Å². The van der Waals surface area contributed by atoms with Gasteiger partial charge in [-0.15, -0.1) is 0 Å². The number of nitrogens with two attached hydrogens (primary N) is 1. The molecule has 1 aliphatic heterocycles. The molecular weight excluding hydrogens is 179 g/mol. The van der Waals surface area contributed by atoms with Crippen molar-refractivity contribution in [3.05, 3.63) is 35.6 Å². The van der Waals surface area contributed by atoms with Crippen LogP contribution in [0.3, 0.4) is 0 Å². The summed E-state index contributed by atoms with van der Waals surface area (Å²) >= 11 is 0. The minimum atomic E-state index is -0.133. The Kier molecular flexibility index (Phi) is 3.11. The van der Waals surface area contributed by atoms with E-state index < -0.39 is 0 Å². The standard InChI is InChI=1S/C11H15FN2/c12-11-3-1-2-10(8-11)9-14-6-4-13-5-7-14/h1-3,8,13H,4-7,9H2/p+1. The molecule has 2 nitrogen and oxygen atoms in total. The first kappa shape index (κ1) is 9.62. The molecule has 0 radical (unpaired) electrons. The zero-order chi connectivity index (χ0) is 9.80. The molecule has 0 bridgehead atoms. The fraction of sp³-hybridized carbons (Fsp3) is 0.455. The second-order valence-corrected chi connectivity index (χ2v) is 3.77. The van der Waals surface area contributed by atoms with Crippen molar-refractivity contribution in [2.45, 2.75) is 6.54 Å². The predicted molar refractivity (Wildman–Crippen MR) is 53.3 cm³/mol. The number of hydrogen-bond acceptors (Lipinski definition) is 1. The Hall–Kier alpha value is -0.930. The van der Waals surface area contributed by atoms with E-state index in [9.17, 15) is 4.39 Å². The van der Waals surface area contributed by atoms with Crippen LogP contribution in [0.25, 0.3) is 0 Å². The lowest BCUT2D eigenvalue weighted by Crippen LogP contribution is -2.89. The molecule has 0 aliphatic carbocycles. The second-order valence-electron chi connectivity index (χ2n) is 3.77. The third kappa shape index (κ3) is 2.53. The Balaban J connectivity index is 1.95. The first-order chi connectivity index (χ1) is 6.84. The zero-order valence-corrected chi connectivity index (χ0v) is 8.25. The molecule has 14 heavy (non-hydrogen) atoms. The lowest BCUT2D eigenvalue weighted by atomic mass is 10.2. The Morgan fingerprint density at radius 1 is 1.29 bits per heavy atom. The molecule has 1 saturated heterocycles. The van der Waals surface area contributed by atoms with Crippen molar-refractivity contribution >= 4 is 0 Å². The van der Waals surface area contributed by atoms with Crippen LogP contribution in [-0.4, -0.2) is 31.1 Å². The van der Waals surface area contributed by atoms with Crippen LogP contribution < -0.4 is 5.32 Å². The van der Waals surface area contributed by atoms with E-state index in [1.165, 1.54) is 6.07 Å². The van der Waals surface area contributed by atoms with Gasteiger partial charge in [-0.1, -0.05) is 12.1 Å². The number of rotatable bonds is 2. The Morgan fingerprint density at radius 2 is 2.07 bits per heavy atom. The van der Waals surface area contributed by atoms with Crippen molar-refractivity contribution in [2.75, 3.05) is 26.2 Å². The van der Waals surface area contributed by atoms with Crippen LogP contribution in [0.1, 0.15) is 5.56 Å². The average Bonchev–Trinajstić information content (AvgIpc) is 2.19. The van der Waals surface area contributed by atoms with E-state index >= 15 is 0 Å². The van der Waals surface area contributed by atoms with Crippen LogP contribution in [0.15, 0.2) is 24.3 Å². The van der Waals surface area contributed by atoms with Crippen molar-refractivity contribution in [1.82, 2.24) is 4.90 Å². The normalized spacial score (nSPS) is 18.4. The molecule has 0 amide bonds. The fourth-order valence-electron chi connectivity index (χ4n) is 1.86. The van der Waals surface area contributed by atoms with E-state index in [-0.39, 0.29) is 5.82 Å². The van der Waals surface area contributed by atoms with E-state index in [1.807, 2.05) is 6.07 Å². The quantitative estimate of drug-likeness (QED) is 0.715. The van der Waals surface area contributed by atoms with E-state index in [0.717, 1.165) is 38.3 Å². The number of piperazine rings is 1. The molecule has 0 spiro atoms. The molecule has 1 aliphatic rings. The monoisotopic (exact) mass is 195 g/mol. The number of hydrogen-bond donors (Lipinski definition) is 1. The van der Waals surface area contributed by atoms with Gasteiger partial charge in [0.2, 0.25) is 0 Å². The van der Waals surface area contributed by atoms with Crippen molar-refractivity contribution in [3.63, 3.8) is 0 Å². The number of nitrogens with zero attached hydrogens (tertiary/aromatic N) is 1. The summed E-state index contributed by atoms with van der Waals surface area (Å²) in [5.74, 6) is -0.133.